The summed E-state index contributed by atoms with van der Waals surface area (Å²) in [5, 5.41) is 16.7. The number of sulfonamides is 1. The first-order valence-electron chi connectivity index (χ1n) is 10.3. The van der Waals surface area contributed by atoms with Gasteiger partial charge in [-0.05, 0) is 61.9 Å². The molecule has 2 heterocycles. The van der Waals surface area contributed by atoms with Crippen LogP contribution in [0.15, 0.2) is 83.1 Å². The van der Waals surface area contributed by atoms with E-state index in [2.05, 4.69) is 20.5 Å². The van der Waals surface area contributed by atoms with Gasteiger partial charge in [-0.3, -0.25) is 14.3 Å². The van der Waals surface area contributed by atoms with Gasteiger partial charge in [0.1, 0.15) is 0 Å². The molecular formula is C23H22N6O3S2. The fraction of sp³-hybridized carbons (Fsp3) is 0.130. The molecule has 0 aliphatic heterocycles. The second-order valence-corrected chi connectivity index (χ2v) is 10.4. The normalized spacial score (nSPS) is 12.3. The summed E-state index contributed by atoms with van der Waals surface area (Å²) in [6.45, 7) is 3.77. The molecule has 1 amide bonds. The number of hydrogen-bond donors (Lipinski definition) is 2. The van der Waals surface area contributed by atoms with Gasteiger partial charge in [-0.25, -0.2) is 13.6 Å². The Morgan fingerprint density at radius 1 is 1.03 bits per heavy atom. The number of hydrogen-bond acceptors (Lipinski definition) is 7. The molecule has 34 heavy (non-hydrogen) atoms. The lowest BCUT2D eigenvalue weighted by atomic mass is 10.2. The Bertz CT molecular complexity index is 1420. The molecule has 2 aromatic carbocycles. The number of carbonyl (C=O) groups excluding carboxylic acids is 1. The Balaban J connectivity index is 1.60. The van der Waals surface area contributed by atoms with E-state index in [4.69, 9.17) is 5.14 Å². The van der Waals surface area contributed by atoms with Gasteiger partial charge < -0.3 is 5.32 Å². The quantitative estimate of drug-likeness (QED) is 0.376. The smallest absolute Gasteiger partial charge is 0.238 e. The number of amides is 1. The number of thioether (sulfide) groups is 1. The Kier molecular flexibility index (Phi) is 6.77. The van der Waals surface area contributed by atoms with Crippen LogP contribution in [0.25, 0.3) is 17.1 Å². The fourth-order valence-electron chi connectivity index (χ4n) is 3.25. The van der Waals surface area contributed by atoms with E-state index in [-0.39, 0.29) is 10.8 Å². The number of aromatic nitrogens is 4. The number of para-hydroxylation sites is 1. The Hall–Kier alpha value is -3.54. The molecule has 2 aromatic heterocycles. The molecule has 0 radical (unpaired) electrons. The van der Waals surface area contributed by atoms with Crippen LogP contribution in [-0.2, 0) is 14.8 Å². The largest absolute Gasteiger partial charge is 0.325 e. The van der Waals surface area contributed by atoms with Crippen molar-refractivity contribution in [3.05, 3.63) is 78.6 Å². The number of rotatable bonds is 7. The molecule has 1 atom stereocenters. The molecular weight excluding hydrogens is 472 g/mol. The van der Waals surface area contributed by atoms with Crippen LogP contribution in [0.4, 0.5) is 5.69 Å². The number of nitrogens with one attached hydrogen (secondary N) is 1. The summed E-state index contributed by atoms with van der Waals surface area (Å²) in [6, 6.07) is 17.3. The van der Waals surface area contributed by atoms with Gasteiger partial charge in [0.2, 0.25) is 15.9 Å². The molecule has 11 heteroatoms. The first kappa shape index (κ1) is 23.6. The molecule has 4 aromatic rings. The van der Waals surface area contributed by atoms with Gasteiger partial charge in [0, 0.05) is 23.6 Å². The number of pyridine rings is 1. The number of carbonyl (C=O) groups is 1. The van der Waals surface area contributed by atoms with Crippen molar-refractivity contribution in [1.82, 2.24) is 19.7 Å². The maximum Gasteiger partial charge on any atom is 0.238 e. The molecule has 0 fully saturated rings. The number of nitrogens with zero attached hydrogens (tertiary/aromatic N) is 4. The molecule has 0 spiro atoms. The molecule has 174 valence electrons. The summed E-state index contributed by atoms with van der Waals surface area (Å²) in [5.74, 6) is 0.378. The van der Waals surface area contributed by atoms with Gasteiger partial charge in [-0.1, -0.05) is 30.0 Å². The Labute approximate surface area is 201 Å². The van der Waals surface area contributed by atoms with Crippen molar-refractivity contribution in [2.24, 2.45) is 5.14 Å². The van der Waals surface area contributed by atoms with Crippen molar-refractivity contribution in [2.45, 2.75) is 29.1 Å². The first-order chi connectivity index (χ1) is 16.2. The van der Waals surface area contributed by atoms with Crippen LogP contribution in [0.5, 0.6) is 0 Å². The number of anilines is 1. The molecule has 4 rings (SSSR count). The van der Waals surface area contributed by atoms with E-state index in [9.17, 15) is 13.2 Å². The average Bonchev–Trinajstić information content (AvgIpc) is 3.23. The third kappa shape index (κ3) is 5.16. The lowest BCUT2D eigenvalue weighted by Crippen LogP contribution is -2.23. The van der Waals surface area contributed by atoms with E-state index < -0.39 is 15.3 Å². The highest BCUT2D eigenvalue weighted by Crippen LogP contribution is 2.31. The molecule has 0 aliphatic carbocycles. The van der Waals surface area contributed by atoms with E-state index in [1.807, 2.05) is 47.9 Å². The topological polar surface area (TPSA) is 133 Å². The lowest BCUT2D eigenvalue weighted by Gasteiger charge is -2.15. The zero-order valence-corrected chi connectivity index (χ0v) is 20.0. The summed E-state index contributed by atoms with van der Waals surface area (Å²) in [4.78, 5) is 16.9. The summed E-state index contributed by atoms with van der Waals surface area (Å²) in [5.41, 5.74) is 3.26. The van der Waals surface area contributed by atoms with Crippen molar-refractivity contribution in [1.29, 1.82) is 0 Å². The third-order valence-corrected chi connectivity index (χ3v) is 7.00. The number of nitrogens with two attached hydrogens (primary N) is 1. The van der Waals surface area contributed by atoms with E-state index in [1.165, 1.54) is 36.0 Å². The van der Waals surface area contributed by atoms with Crippen molar-refractivity contribution < 1.29 is 13.2 Å². The maximum absolute atomic E-state index is 12.8. The summed E-state index contributed by atoms with van der Waals surface area (Å²) < 4.78 is 24.8. The van der Waals surface area contributed by atoms with Crippen LogP contribution in [0.1, 0.15) is 12.5 Å². The molecule has 0 aliphatic rings. The van der Waals surface area contributed by atoms with Gasteiger partial charge >= 0.3 is 0 Å². The third-order valence-electron chi connectivity index (χ3n) is 5.03. The fourth-order valence-corrected chi connectivity index (χ4v) is 4.63. The zero-order chi connectivity index (χ0) is 24.3. The van der Waals surface area contributed by atoms with Crippen molar-refractivity contribution >= 4 is 33.4 Å². The van der Waals surface area contributed by atoms with Crippen molar-refractivity contribution in [3.8, 4) is 17.1 Å². The van der Waals surface area contributed by atoms with Gasteiger partial charge in [-0.15, -0.1) is 10.2 Å². The van der Waals surface area contributed by atoms with Crippen molar-refractivity contribution in [2.75, 3.05) is 5.32 Å². The lowest BCUT2D eigenvalue weighted by molar-refractivity contribution is -0.115. The molecule has 0 saturated carbocycles. The molecule has 0 bridgehead atoms. The highest BCUT2D eigenvalue weighted by molar-refractivity contribution is 8.00. The van der Waals surface area contributed by atoms with E-state index in [1.54, 1.807) is 19.3 Å². The van der Waals surface area contributed by atoms with Gasteiger partial charge in [0.25, 0.3) is 0 Å². The standard InChI is InChI=1S/C23H22N6O3S2/c1-15-5-3-4-6-20(15)29-21(17-11-13-25-14-12-17)27-28-23(29)33-16(2)22(30)26-18-7-9-19(10-8-18)34(24,31)32/h3-14,16H,1-2H3,(H,26,30)(H2,24,31,32)/t16-/m0/s1. The highest BCUT2D eigenvalue weighted by atomic mass is 32.2. The second kappa shape index (κ2) is 9.75. The van der Waals surface area contributed by atoms with E-state index >= 15 is 0 Å². The van der Waals surface area contributed by atoms with Crippen LogP contribution in [0, 0.1) is 6.92 Å². The first-order valence-corrected chi connectivity index (χ1v) is 12.7. The van der Waals surface area contributed by atoms with Gasteiger partial charge in [-0.2, -0.15) is 0 Å². The van der Waals surface area contributed by atoms with Crippen LogP contribution in [0.2, 0.25) is 0 Å². The van der Waals surface area contributed by atoms with Crippen molar-refractivity contribution in [3.63, 3.8) is 0 Å². The monoisotopic (exact) mass is 494 g/mol. The minimum atomic E-state index is -3.80. The van der Waals surface area contributed by atoms with Crippen LogP contribution in [-0.4, -0.2) is 39.3 Å². The number of aryl methyl sites for hydroxylation is 1. The minimum Gasteiger partial charge on any atom is -0.325 e. The molecule has 0 unspecified atom stereocenters. The highest BCUT2D eigenvalue weighted by Gasteiger charge is 2.23. The van der Waals surface area contributed by atoms with Crippen LogP contribution in [0.3, 0.4) is 0 Å². The Morgan fingerprint density at radius 3 is 2.35 bits per heavy atom. The van der Waals surface area contributed by atoms with E-state index in [0.29, 0.717) is 16.7 Å². The predicted molar refractivity (Wildman–Crippen MR) is 131 cm³/mol. The molecule has 0 saturated heterocycles. The maximum atomic E-state index is 12.8. The van der Waals surface area contributed by atoms with E-state index in [0.717, 1.165) is 16.8 Å². The molecule has 3 N–H and O–H groups in total. The van der Waals surface area contributed by atoms with Crippen LogP contribution >= 0.6 is 11.8 Å². The minimum absolute atomic E-state index is 0.0251. The van der Waals surface area contributed by atoms with Crippen LogP contribution < -0.4 is 10.5 Å². The van der Waals surface area contributed by atoms with Gasteiger partial charge in [0.05, 0.1) is 15.8 Å². The Morgan fingerprint density at radius 2 is 1.71 bits per heavy atom. The second-order valence-electron chi connectivity index (χ2n) is 7.48. The number of primary sulfonamides is 1. The summed E-state index contributed by atoms with van der Waals surface area (Å²) in [6.07, 6.45) is 3.38. The summed E-state index contributed by atoms with van der Waals surface area (Å²) >= 11 is 1.27. The van der Waals surface area contributed by atoms with Gasteiger partial charge in [0.15, 0.2) is 11.0 Å². The predicted octanol–water partition coefficient (Wildman–Crippen LogP) is 3.40. The average molecular weight is 495 g/mol. The zero-order valence-electron chi connectivity index (χ0n) is 18.4. The number of benzene rings is 2. The summed E-state index contributed by atoms with van der Waals surface area (Å²) in [7, 11) is -3.80. The SMILES string of the molecule is Cc1ccccc1-n1c(S[C@@H](C)C(=O)Nc2ccc(S(N)(=O)=O)cc2)nnc1-c1ccncc1. The molecule has 9 nitrogen and oxygen atoms in total.